The first-order valence-electron chi connectivity index (χ1n) is 7.03. The van der Waals surface area contributed by atoms with Crippen molar-refractivity contribution in [1.82, 2.24) is 15.0 Å². The van der Waals surface area contributed by atoms with Crippen LogP contribution in [0.4, 0.5) is 5.82 Å². The third-order valence-corrected chi connectivity index (χ3v) is 4.09. The monoisotopic (exact) mass is 409 g/mol. The van der Waals surface area contributed by atoms with Gasteiger partial charge in [0.15, 0.2) is 23.9 Å². The zero-order valence-corrected chi connectivity index (χ0v) is 14.5. The van der Waals surface area contributed by atoms with E-state index in [0.29, 0.717) is 22.9 Å². The standard InChI is InChI=1S/C14H12BrN5O5/c1-8-16-5-14(20(22)23)19(8)6-13(21)18-17-4-9-2-11-12(3-10(9)15)25-7-24-11/h2-5H,6-7H2,1H3,(H,18,21)/b17-4-. The van der Waals surface area contributed by atoms with Crippen molar-refractivity contribution in [3.8, 4) is 11.5 Å². The number of nitrogens with one attached hydrogen (secondary N) is 1. The molecule has 1 aliphatic heterocycles. The van der Waals surface area contributed by atoms with Gasteiger partial charge in [-0.05, 0) is 33.0 Å². The summed E-state index contributed by atoms with van der Waals surface area (Å²) in [5.74, 6) is 0.799. The fraction of sp³-hybridized carbons (Fsp3) is 0.214. The van der Waals surface area contributed by atoms with Crippen LogP contribution < -0.4 is 14.9 Å². The Balaban J connectivity index is 1.66. The molecule has 11 heteroatoms. The largest absolute Gasteiger partial charge is 0.454 e. The second-order valence-electron chi connectivity index (χ2n) is 5.03. The number of halogens is 1. The maximum Gasteiger partial charge on any atom is 0.343 e. The van der Waals surface area contributed by atoms with E-state index < -0.39 is 10.8 Å². The summed E-state index contributed by atoms with van der Waals surface area (Å²) in [4.78, 5) is 26.1. The average Bonchev–Trinajstić information content (AvgIpc) is 3.14. The number of aryl methyl sites for hydroxylation is 1. The van der Waals surface area contributed by atoms with Crippen LogP contribution in [0.5, 0.6) is 11.5 Å². The molecule has 2 heterocycles. The fourth-order valence-corrected chi connectivity index (χ4v) is 2.61. The predicted molar refractivity (Wildman–Crippen MR) is 89.6 cm³/mol. The molecule has 3 rings (SSSR count). The van der Waals surface area contributed by atoms with E-state index in [2.05, 4.69) is 31.4 Å². The van der Waals surface area contributed by atoms with Crippen LogP contribution in [-0.4, -0.2) is 33.4 Å². The number of amides is 1. The highest BCUT2D eigenvalue weighted by Gasteiger charge is 2.20. The SMILES string of the molecule is Cc1ncc([N+](=O)[O-])n1CC(=O)N/N=C\c1cc2c(cc1Br)OCO2. The maximum absolute atomic E-state index is 11.9. The molecule has 1 amide bonds. The number of nitrogens with zero attached hydrogens (tertiary/aromatic N) is 4. The van der Waals surface area contributed by atoms with E-state index in [-0.39, 0.29) is 19.2 Å². The van der Waals surface area contributed by atoms with Crippen molar-refractivity contribution in [2.75, 3.05) is 6.79 Å². The van der Waals surface area contributed by atoms with Crippen LogP contribution in [0, 0.1) is 17.0 Å². The van der Waals surface area contributed by atoms with Crippen molar-refractivity contribution in [2.24, 2.45) is 5.10 Å². The summed E-state index contributed by atoms with van der Waals surface area (Å²) in [5.41, 5.74) is 3.00. The molecule has 0 aliphatic carbocycles. The van der Waals surface area contributed by atoms with Gasteiger partial charge in [-0.15, -0.1) is 0 Å². The van der Waals surface area contributed by atoms with Crippen LogP contribution in [0.1, 0.15) is 11.4 Å². The molecule has 0 saturated heterocycles. The Kier molecular flexibility index (Phi) is 4.65. The number of hydrazone groups is 1. The van der Waals surface area contributed by atoms with Gasteiger partial charge in [-0.3, -0.25) is 4.79 Å². The van der Waals surface area contributed by atoms with Crippen LogP contribution in [0.3, 0.4) is 0 Å². The average molecular weight is 410 g/mol. The maximum atomic E-state index is 11.9. The number of hydrogen-bond donors (Lipinski definition) is 1. The lowest BCUT2D eigenvalue weighted by molar-refractivity contribution is -0.392. The van der Waals surface area contributed by atoms with E-state index in [1.807, 2.05) is 0 Å². The molecule has 0 atom stereocenters. The highest BCUT2D eigenvalue weighted by molar-refractivity contribution is 9.10. The number of nitro groups is 1. The zero-order valence-electron chi connectivity index (χ0n) is 12.9. The predicted octanol–water partition coefficient (Wildman–Crippen LogP) is 1.74. The smallest absolute Gasteiger partial charge is 0.343 e. The minimum absolute atomic E-state index is 0.155. The fourth-order valence-electron chi connectivity index (χ4n) is 2.18. The van der Waals surface area contributed by atoms with Gasteiger partial charge >= 0.3 is 5.82 Å². The molecule has 25 heavy (non-hydrogen) atoms. The minimum Gasteiger partial charge on any atom is -0.454 e. The van der Waals surface area contributed by atoms with Crippen LogP contribution in [-0.2, 0) is 11.3 Å². The lowest BCUT2D eigenvalue weighted by Gasteiger charge is -2.03. The van der Waals surface area contributed by atoms with Crippen molar-refractivity contribution < 1.29 is 19.2 Å². The van der Waals surface area contributed by atoms with E-state index in [0.717, 1.165) is 10.7 Å². The van der Waals surface area contributed by atoms with Gasteiger partial charge in [0.2, 0.25) is 6.79 Å². The second kappa shape index (κ2) is 6.89. The number of ether oxygens (including phenoxy) is 2. The highest BCUT2D eigenvalue weighted by atomic mass is 79.9. The first kappa shape index (κ1) is 16.9. The van der Waals surface area contributed by atoms with Crippen molar-refractivity contribution in [1.29, 1.82) is 0 Å². The van der Waals surface area contributed by atoms with Crippen molar-refractivity contribution >= 4 is 33.9 Å². The lowest BCUT2D eigenvalue weighted by atomic mass is 10.2. The van der Waals surface area contributed by atoms with Crippen LogP contribution in [0.25, 0.3) is 0 Å². The molecule has 0 radical (unpaired) electrons. The summed E-state index contributed by atoms with van der Waals surface area (Å²) in [6.45, 7) is 1.47. The Morgan fingerprint density at radius 3 is 2.96 bits per heavy atom. The summed E-state index contributed by atoms with van der Waals surface area (Å²) in [6.07, 6.45) is 2.54. The highest BCUT2D eigenvalue weighted by Crippen LogP contribution is 2.36. The zero-order chi connectivity index (χ0) is 18.0. The van der Waals surface area contributed by atoms with Gasteiger partial charge in [-0.1, -0.05) is 0 Å². The molecule has 0 bridgehead atoms. The molecule has 2 aromatic rings. The van der Waals surface area contributed by atoms with Gasteiger partial charge in [0.05, 0.1) is 6.21 Å². The van der Waals surface area contributed by atoms with Gasteiger partial charge in [0.25, 0.3) is 5.91 Å². The normalized spacial score (nSPS) is 12.6. The van der Waals surface area contributed by atoms with Gasteiger partial charge in [0.1, 0.15) is 6.20 Å². The van der Waals surface area contributed by atoms with E-state index in [1.165, 1.54) is 10.8 Å². The summed E-state index contributed by atoms with van der Waals surface area (Å²) >= 11 is 3.37. The number of aromatic nitrogens is 2. The summed E-state index contributed by atoms with van der Waals surface area (Å²) < 4.78 is 12.4. The van der Waals surface area contributed by atoms with E-state index in [4.69, 9.17) is 9.47 Å². The van der Waals surface area contributed by atoms with E-state index in [1.54, 1.807) is 19.1 Å². The third kappa shape index (κ3) is 3.60. The number of carbonyl (C=O) groups is 1. The summed E-state index contributed by atoms with van der Waals surface area (Å²) in [6, 6.07) is 3.46. The van der Waals surface area contributed by atoms with E-state index in [9.17, 15) is 14.9 Å². The Labute approximate surface area is 149 Å². The Bertz CT molecular complexity index is 879. The molecule has 1 aliphatic rings. The van der Waals surface area contributed by atoms with Gasteiger partial charge < -0.3 is 19.6 Å². The Morgan fingerprint density at radius 1 is 1.52 bits per heavy atom. The number of rotatable bonds is 5. The third-order valence-electron chi connectivity index (χ3n) is 3.41. The number of fused-ring (bicyclic) bond motifs is 1. The lowest BCUT2D eigenvalue weighted by Crippen LogP contribution is -2.24. The molecule has 1 aromatic carbocycles. The molecule has 1 aromatic heterocycles. The number of carbonyl (C=O) groups excluding carboxylic acids is 1. The van der Waals surface area contributed by atoms with Crippen LogP contribution in [0.2, 0.25) is 0 Å². The van der Waals surface area contributed by atoms with Crippen LogP contribution in [0.15, 0.2) is 27.9 Å². The Hall–Kier alpha value is -2.95. The molecule has 1 N–H and O–H groups in total. The van der Waals surface area contributed by atoms with E-state index >= 15 is 0 Å². The van der Waals surface area contributed by atoms with Gasteiger partial charge in [0, 0.05) is 17.0 Å². The number of hydrogen-bond acceptors (Lipinski definition) is 7. The quantitative estimate of drug-likeness (QED) is 0.456. The minimum atomic E-state index is -0.597. The van der Waals surface area contributed by atoms with Crippen molar-refractivity contribution in [3.05, 3.63) is 44.3 Å². The molecule has 0 spiro atoms. The molecular formula is C14H12BrN5O5. The molecule has 0 unspecified atom stereocenters. The topological polar surface area (TPSA) is 121 Å². The Morgan fingerprint density at radius 2 is 2.24 bits per heavy atom. The molecule has 130 valence electrons. The van der Waals surface area contributed by atoms with Crippen molar-refractivity contribution in [2.45, 2.75) is 13.5 Å². The molecular weight excluding hydrogens is 398 g/mol. The van der Waals surface area contributed by atoms with Crippen molar-refractivity contribution in [3.63, 3.8) is 0 Å². The number of benzene rings is 1. The first-order valence-corrected chi connectivity index (χ1v) is 7.82. The number of imidazole rings is 1. The van der Waals surface area contributed by atoms with Gasteiger partial charge in [-0.25, -0.2) is 15.0 Å². The summed E-state index contributed by atoms with van der Waals surface area (Å²) in [7, 11) is 0. The first-order chi connectivity index (χ1) is 12.0. The molecule has 10 nitrogen and oxygen atoms in total. The van der Waals surface area contributed by atoms with Gasteiger partial charge in [-0.2, -0.15) is 5.10 Å². The molecule has 0 fully saturated rings. The summed E-state index contributed by atoms with van der Waals surface area (Å²) in [5, 5.41) is 14.8. The van der Waals surface area contributed by atoms with Crippen LogP contribution >= 0.6 is 15.9 Å². The second-order valence-corrected chi connectivity index (χ2v) is 5.88. The molecule has 0 saturated carbocycles.